The average molecular weight is 249 g/mol. The molecule has 4 heteroatoms. The third-order valence-corrected chi connectivity index (χ3v) is 2.41. The molecule has 0 bridgehead atoms. The maximum Gasteiger partial charge on any atom is 0.327 e. The standard InChI is InChI=1S/C14H19NO3/c1-4-9-15-13(14(16)17-3)11-7-6-8-12(10-11)18-5-2/h4,6-8,10,13,15H,1,5,9H2,2-3H3. The first-order valence-electron chi connectivity index (χ1n) is 5.87. The van der Waals surface area contributed by atoms with Crippen molar-refractivity contribution in [1.82, 2.24) is 5.32 Å². The van der Waals surface area contributed by atoms with Gasteiger partial charge >= 0.3 is 5.97 Å². The van der Waals surface area contributed by atoms with Crippen LogP contribution in [0.5, 0.6) is 5.75 Å². The van der Waals surface area contributed by atoms with E-state index >= 15 is 0 Å². The van der Waals surface area contributed by atoms with E-state index in [1.54, 1.807) is 6.08 Å². The average Bonchev–Trinajstić information content (AvgIpc) is 2.39. The Labute approximate surface area is 108 Å². The Morgan fingerprint density at radius 2 is 2.33 bits per heavy atom. The SMILES string of the molecule is C=CCNC(C(=O)OC)c1cccc(OCC)c1. The predicted octanol–water partition coefficient (Wildman–Crippen LogP) is 2.07. The topological polar surface area (TPSA) is 47.6 Å². The molecule has 0 aliphatic heterocycles. The molecule has 98 valence electrons. The highest BCUT2D eigenvalue weighted by molar-refractivity contribution is 5.77. The van der Waals surface area contributed by atoms with Gasteiger partial charge in [-0.15, -0.1) is 6.58 Å². The minimum Gasteiger partial charge on any atom is -0.494 e. The van der Waals surface area contributed by atoms with Crippen molar-refractivity contribution in [2.45, 2.75) is 13.0 Å². The largest absolute Gasteiger partial charge is 0.494 e. The van der Waals surface area contributed by atoms with Crippen LogP contribution >= 0.6 is 0 Å². The molecule has 0 spiro atoms. The Hall–Kier alpha value is -1.81. The van der Waals surface area contributed by atoms with E-state index in [9.17, 15) is 4.79 Å². The molecule has 0 amide bonds. The normalized spacial score (nSPS) is 11.7. The number of hydrogen-bond acceptors (Lipinski definition) is 4. The van der Waals surface area contributed by atoms with Crippen LogP contribution in [0.4, 0.5) is 0 Å². The fraction of sp³-hybridized carbons (Fsp3) is 0.357. The van der Waals surface area contributed by atoms with E-state index < -0.39 is 6.04 Å². The summed E-state index contributed by atoms with van der Waals surface area (Å²) in [7, 11) is 1.37. The minimum atomic E-state index is -0.506. The number of nitrogens with one attached hydrogen (secondary N) is 1. The van der Waals surface area contributed by atoms with Crippen LogP contribution in [0.15, 0.2) is 36.9 Å². The van der Waals surface area contributed by atoms with Gasteiger partial charge in [-0.1, -0.05) is 18.2 Å². The minimum absolute atomic E-state index is 0.328. The number of methoxy groups -OCH3 is 1. The molecule has 1 unspecified atom stereocenters. The highest BCUT2D eigenvalue weighted by Crippen LogP contribution is 2.20. The van der Waals surface area contributed by atoms with Crippen LogP contribution in [0.2, 0.25) is 0 Å². The summed E-state index contributed by atoms with van der Waals surface area (Å²) in [6, 6.07) is 6.90. The van der Waals surface area contributed by atoms with E-state index in [4.69, 9.17) is 9.47 Å². The van der Waals surface area contributed by atoms with Gasteiger partial charge in [-0.2, -0.15) is 0 Å². The van der Waals surface area contributed by atoms with Gasteiger partial charge in [0.2, 0.25) is 0 Å². The van der Waals surface area contributed by atoms with Crippen LogP contribution in [0.3, 0.4) is 0 Å². The molecule has 0 radical (unpaired) electrons. The first-order chi connectivity index (χ1) is 8.72. The van der Waals surface area contributed by atoms with Gasteiger partial charge < -0.3 is 9.47 Å². The van der Waals surface area contributed by atoms with Crippen molar-refractivity contribution in [3.8, 4) is 5.75 Å². The molecule has 1 rings (SSSR count). The summed E-state index contributed by atoms with van der Waals surface area (Å²) in [6.45, 7) is 6.65. The van der Waals surface area contributed by atoms with Crippen molar-refractivity contribution < 1.29 is 14.3 Å². The molecule has 0 saturated heterocycles. The molecule has 1 aromatic rings. The summed E-state index contributed by atoms with van der Waals surface area (Å²) >= 11 is 0. The summed E-state index contributed by atoms with van der Waals surface area (Å²) in [6.07, 6.45) is 1.70. The molecule has 0 aromatic heterocycles. The molecule has 0 fully saturated rings. The monoisotopic (exact) mass is 249 g/mol. The van der Waals surface area contributed by atoms with Gasteiger partial charge in [-0.25, -0.2) is 4.79 Å². The Balaban J connectivity index is 2.92. The highest BCUT2D eigenvalue weighted by atomic mass is 16.5. The van der Waals surface area contributed by atoms with Crippen LogP contribution in [0, 0.1) is 0 Å². The Bertz CT molecular complexity index is 404. The number of esters is 1. The fourth-order valence-electron chi connectivity index (χ4n) is 1.61. The van der Waals surface area contributed by atoms with Crippen LogP contribution in [-0.4, -0.2) is 26.2 Å². The van der Waals surface area contributed by atoms with Crippen LogP contribution in [0.1, 0.15) is 18.5 Å². The zero-order valence-electron chi connectivity index (χ0n) is 10.8. The number of carbonyl (C=O) groups is 1. The lowest BCUT2D eigenvalue weighted by Crippen LogP contribution is -2.29. The first-order valence-corrected chi connectivity index (χ1v) is 5.87. The summed E-state index contributed by atoms with van der Waals surface area (Å²) in [5.41, 5.74) is 0.814. The fourth-order valence-corrected chi connectivity index (χ4v) is 1.61. The van der Waals surface area contributed by atoms with Crippen molar-refractivity contribution in [2.24, 2.45) is 0 Å². The van der Waals surface area contributed by atoms with E-state index in [0.717, 1.165) is 11.3 Å². The van der Waals surface area contributed by atoms with Crippen molar-refractivity contribution in [1.29, 1.82) is 0 Å². The lowest BCUT2D eigenvalue weighted by atomic mass is 10.1. The molecule has 0 aliphatic rings. The lowest BCUT2D eigenvalue weighted by molar-refractivity contribution is -0.143. The Morgan fingerprint density at radius 1 is 1.56 bits per heavy atom. The summed E-state index contributed by atoms with van der Waals surface area (Å²) in [4.78, 5) is 11.7. The van der Waals surface area contributed by atoms with E-state index in [1.807, 2.05) is 31.2 Å². The third kappa shape index (κ3) is 3.89. The zero-order valence-corrected chi connectivity index (χ0v) is 10.8. The summed E-state index contributed by atoms with van der Waals surface area (Å²) in [5, 5.41) is 3.06. The molecule has 4 nitrogen and oxygen atoms in total. The van der Waals surface area contributed by atoms with Crippen LogP contribution in [0.25, 0.3) is 0 Å². The molecule has 1 aromatic carbocycles. The third-order valence-electron chi connectivity index (χ3n) is 2.41. The number of carbonyl (C=O) groups excluding carboxylic acids is 1. The van der Waals surface area contributed by atoms with Gasteiger partial charge in [0.15, 0.2) is 0 Å². The molecular formula is C14H19NO3. The van der Waals surface area contributed by atoms with Gasteiger partial charge in [0.1, 0.15) is 11.8 Å². The van der Waals surface area contributed by atoms with Crippen molar-refractivity contribution in [2.75, 3.05) is 20.3 Å². The van der Waals surface area contributed by atoms with Crippen molar-refractivity contribution >= 4 is 5.97 Å². The molecule has 0 heterocycles. The molecule has 18 heavy (non-hydrogen) atoms. The first kappa shape index (κ1) is 14.3. The second-order valence-corrected chi connectivity index (χ2v) is 3.66. The van der Waals surface area contributed by atoms with Gasteiger partial charge in [-0.3, -0.25) is 5.32 Å². The maximum absolute atomic E-state index is 11.7. The number of benzene rings is 1. The van der Waals surface area contributed by atoms with E-state index in [-0.39, 0.29) is 5.97 Å². The second kappa shape index (κ2) is 7.50. The number of rotatable bonds is 7. The van der Waals surface area contributed by atoms with Gasteiger partial charge in [0, 0.05) is 6.54 Å². The second-order valence-electron chi connectivity index (χ2n) is 3.66. The number of hydrogen-bond donors (Lipinski definition) is 1. The molecule has 1 atom stereocenters. The van der Waals surface area contributed by atoms with E-state index in [1.165, 1.54) is 7.11 Å². The molecule has 1 N–H and O–H groups in total. The van der Waals surface area contributed by atoms with Gasteiger partial charge in [-0.05, 0) is 24.6 Å². The van der Waals surface area contributed by atoms with Crippen LogP contribution in [-0.2, 0) is 9.53 Å². The summed E-state index contributed by atoms with van der Waals surface area (Å²) in [5.74, 6) is 0.412. The van der Waals surface area contributed by atoms with Crippen LogP contribution < -0.4 is 10.1 Å². The Morgan fingerprint density at radius 3 is 2.94 bits per heavy atom. The van der Waals surface area contributed by atoms with Gasteiger partial charge in [0.25, 0.3) is 0 Å². The van der Waals surface area contributed by atoms with Gasteiger partial charge in [0.05, 0.1) is 13.7 Å². The van der Waals surface area contributed by atoms with Crippen molar-refractivity contribution in [3.05, 3.63) is 42.5 Å². The Kier molecular flexibility index (Phi) is 5.94. The van der Waals surface area contributed by atoms with E-state index in [2.05, 4.69) is 11.9 Å². The molecule has 0 saturated carbocycles. The predicted molar refractivity (Wildman–Crippen MR) is 70.6 cm³/mol. The highest BCUT2D eigenvalue weighted by Gasteiger charge is 2.20. The van der Waals surface area contributed by atoms with Crippen molar-refractivity contribution in [3.63, 3.8) is 0 Å². The maximum atomic E-state index is 11.7. The summed E-state index contributed by atoms with van der Waals surface area (Å²) < 4.78 is 10.2. The molecular weight excluding hydrogens is 230 g/mol. The quantitative estimate of drug-likeness (QED) is 0.593. The van der Waals surface area contributed by atoms with E-state index in [0.29, 0.717) is 13.2 Å². The smallest absolute Gasteiger partial charge is 0.327 e. The zero-order chi connectivity index (χ0) is 13.4. The number of ether oxygens (including phenoxy) is 2. The lowest BCUT2D eigenvalue weighted by Gasteiger charge is -2.16. The molecule has 0 aliphatic carbocycles.